The number of carbonyl (C=O) groups excluding carboxylic acids is 3. The lowest BCUT2D eigenvalue weighted by molar-refractivity contribution is -0.137. The molecule has 2 N–H and O–H groups in total. The van der Waals surface area contributed by atoms with Gasteiger partial charge in [-0.15, -0.1) is 0 Å². The van der Waals surface area contributed by atoms with E-state index in [4.69, 9.17) is 0 Å². The highest BCUT2D eigenvalue weighted by Crippen LogP contribution is 2.33. The Balaban J connectivity index is 1.58. The lowest BCUT2D eigenvalue weighted by Crippen LogP contribution is -2.49. The maximum Gasteiger partial charge on any atom is 0.416 e. The Morgan fingerprint density at radius 2 is 1.89 bits per heavy atom. The Labute approximate surface area is 154 Å². The Morgan fingerprint density at radius 3 is 2.56 bits per heavy atom. The Kier molecular flexibility index (Phi) is 5.12. The van der Waals surface area contributed by atoms with Gasteiger partial charge in [-0.05, 0) is 30.5 Å². The molecule has 1 saturated heterocycles. The van der Waals surface area contributed by atoms with E-state index in [0.717, 1.165) is 36.3 Å². The van der Waals surface area contributed by atoms with E-state index in [1.165, 1.54) is 12.1 Å². The van der Waals surface area contributed by atoms with E-state index < -0.39 is 41.7 Å². The zero-order chi connectivity index (χ0) is 19.7. The van der Waals surface area contributed by atoms with Crippen LogP contribution in [0.5, 0.6) is 0 Å². The number of nitrogens with one attached hydrogen (secondary N) is 2. The Bertz CT molecular complexity index is 758. The van der Waals surface area contributed by atoms with E-state index in [0.29, 0.717) is 12.8 Å². The third-order valence-corrected chi connectivity index (χ3v) is 5.00. The van der Waals surface area contributed by atoms with Gasteiger partial charge in [-0.25, -0.2) is 4.79 Å². The second-order valence-electron chi connectivity index (χ2n) is 6.94. The lowest BCUT2D eigenvalue weighted by Gasteiger charge is -2.30. The summed E-state index contributed by atoms with van der Waals surface area (Å²) < 4.78 is 38.2. The van der Waals surface area contributed by atoms with Crippen molar-refractivity contribution < 1.29 is 27.6 Å². The van der Waals surface area contributed by atoms with Gasteiger partial charge in [-0.1, -0.05) is 31.4 Å². The second kappa shape index (κ2) is 7.21. The van der Waals surface area contributed by atoms with Crippen LogP contribution in [0.25, 0.3) is 0 Å². The number of imide groups is 1. The molecule has 1 aromatic rings. The second-order valence-corrected chi connectivity index (χ2v) is 6.94. The van der Waals surface area contributed by atoms with Crippen molar-refractivity contribution in [1.82, 2.24) is 15.5 Å². The van der Waals surface area contributed by atoms with Crippen LogP contribution in [0.15, 0.2) is 24.3 Å². The number of hydrogen-bond donors (Lipinski definition) is 2. The molecule has 1 heterocycles. The Hall–Kier alpha value is -2.58. The molecule has 6 nitrogen and oxygen atoms in total. The fourth-order valence-corrected chi connectivity index (χ4v) is 3.57. The van der Waals surface area contributed by atoms with E-state index in [9.17, 15) is 27.6 Å². The first-order chi connectivity index (χ1) is 12.7. The fourth-order valence-electron chi connectivity index (χ4n) is 3.57. The predicted molar refractivity (Wildman–Crippen MR) is 89.4 cm³/mol. The van der Waals surface area contributed by atoms with Gasteiger partial charge in [0.25, 0.3) is 5.91 Å². The topological polar surface area (TPSA) is 78.5 Å². The first kappa shape index (κ1) is 19.2. The monoisotopic (exact) mass is 383 g/mol. The quantitative estimate of drug-likeness (QED) is 0.785. The zero-order valence-corrected chi connectivity index (χ0v) is 14.6. The predicted octanol–water partition coefficient (Wildman–Crippen LogP) is 2.58. The molecule has 27 heavy (non-hydrogen) atoms. The fraction of sp³-hybridized carbons (Fsp3) is 0.500. The average Bonchev–Trinajstić information content (AvgIpc) is 2.84. The first-order valence-electron chi connectivity index (χ1n) is 8.78. The molecule has 0 radical (unpaired) electrons. The summed E-state index contributed by atoms with van der Waals surface area (Å²) in [5, 5.41) is 5.16. The highest BCUT2D eigenvalue weighted by molar-refractivity contribution is 6.09. The van der Waals surface area contributed by atoms with Crippen LogP contribution in [0.2, 0.25) is 0 Å². The van der Waals surface area contributed by atoms with Crippen LogP contribution in [0.1, 0.15) is 43.2 Å². The number of alkyl halides is 3. The number of urea groups is 1. The van der Waals surface area contributed by atoms with Gasteiger partial charge < -0.3 is 10.6 Å². The molecule has 2 aliphatic rings. The van der Waals surface area contributed by atoms with Gasteiger partial charge in [0.05, 0.1) is 5.56 Å². The maximum atomic E-state index is 12.7. The molecule has 1 spiro atoms. The van der Waals surface area contributed by atoms with Crippen molar-refractivity contribution in [3.63, 3.8) is 0 Å². The molecule has 1 aliphatic heterocycles. The molecule has 0 aromatic heterocycles. The SMILES string of the molecule is O=C(CN1C(=O)NC2(CCCCC2)C1=O)NCc1cccc(C(F)(F)F)c1. The summed E-state index contributed by atoms with van der Waals surface area (Å²) >= 11 is 0. The van der Waals surface area contributed by atoms with Crippen molar-refractivity contribution in [1.29, 1.82) is 0 Å². The third kappa shape index (κ3) is 4.06. The number of hydrogen-bond acceptors (Lipinski definition) is 3. The minimum Gasteiger partial charge on any atom is -0.350 e. The molecule has 0 bridgehead atoms. The molecular weight excluding hydrogens is 363 g/mol. The van der Waals surface area contributed by atoms with Gasteiger partial charge in [-0.3, -0.25) is 14.5 Å². The summed E-state index contributed by atoms with van der Waals surface area (Å²) in [5.74, 6) is -1.01. The molecule has 146 valence electrons. The van der Waals surface area contributed by atoms with E-state index in [1.807, 2.05) is 0 Å². The Morgan fingerprint density at radius 1 is 1.19 bits per heavy atom. The molecule has 2 fully saturated rings. The summed E-state index contributed by atoms with van der Waals surface area (Å²) in [6, 6.07) is 4.01. The number of benzene rings is 1. The van der Waals surface area contributed by atoms with Gasteiger partial charge in [-0.2, -0.15) is 13.2 Å². The highest BCUT2D eigenvalue weighted by Gasteiger charge is 2.51. The molecule has 4 amide bonds. The number of halogens is 3. The lowest BCUT2D eigenvalue weighted by atomic mass is 9.82. The van der Waals surface area contributed by atoms with Crippen molar-refractivity contribution in [2.24, 2.45) is 0 Å². The molecular formula is C18H20F3N3O3. The van der Waals surface area contributed by atoms with E-state index in [2.05, 4.69) is 10.6 Å². The van der Waals surface area contributed by atoms with Crippen molar-refractivity contribution in [2.45, 2.75) is 50.4 Å². The summed E-state index contributed by atoms with van der Waals surface area (Å²) in [6.07, 6.45) is -0.681. The van der Waals surface area contributed by atoms with Gasteiger partial charge in [0.15, 0.2) is 0 Å². The number of nitrogens with zero attached hydrogens (tertiary/aromatic N) is 1. The van der Waals surface area contributed by atoms with Crippen LogP contribution >= 0.6 is 0 Å². The first-order valence-corrected chi connectivity index (χ1v) is 8.78. The molecule has 1 aliphatic carbocycles. The molecule has 0 atom stereocenters. The van der Waals surface area contributed by atoms with Gasteiger partial charge in [0.1, 0.15) is 12.1 Å². The number of amides is 4. The number of rotatable bonds is 4. The van der Waals surface area contributed by atoms with Crippen molar-refractivity contribution in [3.8, 4) is 0 Å². The summed E-state index contributed by atoms with van der Waals surface area (Å²) in [4.78, 5) is 37.7. The van der Waals surface area contributed by atoms with Crippen molar-refractivity contribution >= 4 is 17.8 Å². The smallest absolute Gasteiger partial charge is 0.350 e. The van der Waals surface area contributed by atoms with E-state index in [1.54, 1.807) is 0 Å². The zero-order valence-electron chi connectivity index (χ0n) is 14.6. The molecule has 3 rings (SSSR count). The van der Waals surface area contributed by atoms with E-state index in [-0.39, 0.29) is 12.1 Å². The van der Waals surface area contributed by atoms with Crippen LogP contribution in [-0.4, -0.2) is 34.8 Å². The summed E-state index contributed by atoms with van der Waals surface area (Å²) in [5.41, 5.74) is -1.43. The van der Waals surface area contributed by atoms with Crippen LogP contribution in [0.3, 0.4) is 0 Å². The van der Waals surface area contributed by atoms with Crippen LogP contribution < -0.4 is 10.6 Å². The van der Waals surface area contributed by atoms with Gasteiger partial charge >= 0.3 is 12.2 Å². The van der Waals surface area contributed by atoms with E-state index >= 15 is 0 Å². The highest BCUT2D eigenvalue weighted by atomic mass is 19.4. The van der Waals surface area contributed by atoms with Crippen LogP contribution in [0, 0.1) is 0 Å². The van der Waals surface area contributed by atoms with Gasteiger partial charge in [0, 0.05) is 6.54 Å². The van der Waals surface area contributed by atoms with Gasteiger partial charge in [0.2, 0.25) is 5.91 Å². The standard InChI is InChI=1S/C18H20F3N3O3/c19-18(20,21)13-6-4-5-12(9-13)10-22-14(25)11-24-15(26)17(23-16(24)27)7-2-1-3-8-17/h4-6,9H,1-3,7-8,10-11H2,(H,22,25)(H,23,27). The number of carbonyl (C=O) groups is 3. The van der Waals surface area contributed by atoms with Crippen LogP contribution in [0.4, 0.5) is 18.0 Å². The normalized spacial score (nSPS) is 19.3. The average molecular weight is 383 g/mol. The molecule has 1 aromatic carbocycles. The molecule has 9 heteroatoms. The summed E-state index contributed by atoms with van der Waals surface area (Å²) in [7, 11) is 0. The largest absolute Gasteiger partial charge is 0.416 e. The third-order valence-electron chi connectivity index (χ3n) is 5.00. The minimum atomic E-state index is -4.46. The molecule has 0 unspecified atom stereocenters. The maximum absolute atomic E-state index is 12.7. The van der Waals surface area contributed by atoms with Crippen molar-refractivity contribution in [3.05, 3.63) is 35.4 Å². The molecule has 1 saturated carbocycles. The summed E-state index contributed by atoms with van der Waals surface area (Å²) in [6.45, 7) is -0.580. The van der Waals surface area contributed by atoms with Crippen molar-refractivity contribution in [2.75, 3.05) is 6.54 Å². The van der Waals surface area contributed by atoms with Crippen LogP contribution in [-0.2, 0) is 22.3 Å². The minimum absolute atomic E-state index is 0.127.